The second kappa shape index (κ2) is 5.35. The number of rotatable bonds is 2. The van der Waals surface area contributed by atoms with Gasteiger partial charge >= 0.3 is 0 Å². The van der Waals surface area contributed by atoms with Crippen molar-refractivity contribution in [3.8, 4) is 17.2 Å². The van der Waals surface area contributed by atoms with Crippen molar-refractivity contribution in [3.05, 3.63) is 42.4 Å². The third-order valence-electron chi connectivity index (χ3n) is 3.01. The van der Waals surface area contributed by atoms with Gasteiger partial charge in [0.15, 0.2) is 0 Å². The molecule has 0 spiro atoms. The van der Waals surface area contributed by atoms with Crippen LogP contribution in [0.15, 0.2) is 36.7 Å². The molecule has 0 radical (unpaired) electrons. The van der Waals surface area contributed by atoms with Gasteiger partial charge in [0.1, 0.15) is 11.8 Å². The van der Waals surface area contributed by atoms with E-state index < -0.39 is 0 Å². The Hall–Kier alpha value is -1.71. The first-order valence-corrected chi connectivity index (χ1v) is 9.79. The van der Waals surface area contributed by atoms with Crippen molar-refractivity contribution in [1.29, 1.82) is 5.26 Å². The first-order valence-electron chi connectivity index (χ1n) is 5.73. The third-order valence-corrected chi connectivity index (χ3v) is 4.90. The lowest BCUT2D eigenvalue weighted by molar-refractivity contribution is 1.04. The molecule has 1 atom stereocenters. The Labute approximate surface area is 130 Å². The fourth-order valence-electron chi connectivity index (χ4n) is 2.06. The number of fused-ring (bicyclic) bond motifs is 1. The molecule has 3 rings (SSSR count). The van der Waals surface area contributed by atoms with E-state index in [2.05, 4.69) is 32.1 Å². The number of nitrogens with two attached hydrogens (primary N) is 1. The molecule has 0 saturated heterocycles. The van der Waals surface area contributed by atoms with E-state index >= 15 is 0 Å². The SMILES string of the molecule is N#Cc1cc(-c2cc(N)c3cnn(PI)c3c2)ccn1. The van der Waals surface area contributed by atoms with Crippen LogP contribution < -0.4 is 5.73 Å². The fraction of sp³-hybridized carbons (Fsp3) is 0. The lowest BCUT2D eigenvalue weighted by Gasteiger charge is -2.06. The predicted octanol–water partition coefficient (Wildman–Crippen LogP) is 3.34. The quantitative estimate of drug-likeness (QED) is 0.412. The van der Waals surface area contributed by atoms with Crippen molar-refractivity contribution in [3.63, 3.8) is 0 Å². The van der Waals surface area contributed by atoms with Gasteiger partial charge in [0.25, 0.3) is 0 Å². The number of benzene rings is 1. The normalized spacial score (nSPS) is 11.2. The van der Waals surface area contributed by atoms with Gasteiger partial charge in [-0.05, 0) is 57.4 Å². The number of anilines is 1. The molecule has 1 aromatic carbocycles. The first-order chi connectivity index (χ1) is 9.72. The number of hydrogen-bond acceptors (Lipinski definition) is 4. The Morgan fingerprint density at radius 1 is 1.30 bits per heavy atom. The molecule has 0 bridgehead atoms. The Kier molecular flexibility index (Phi) is 3.55. The predicted molar refractivity (Wildman–Crippen MR) is 89.8 cm³/mol. The molecule has 0 aliphatic rings. The van der Waals surface area contributed by atoms with Crippen LogP contribution in [0, 0.1) is 11.3 Å². The van der Waals surface area contributed by atoms with Gasteiger partial charge in [-0.25, -0.2) is 9.44 Å². The Morgan fingerprint density at radius 3 is 2.90 bits per heavy atom. The standard InChI is InChI=1S/C13H9IN5P/c14-20-19-13-5-9(4-12(16)11(13)7-18-19)8-1-2-17-10(3-8)6-15/h1-5,7,20H,16H2. The highest BCUT2D eigenvalue weighted by atomic mass is 127. The summed E-state index contributed by atoms with van der Waals surface area (Å²) >= 11 is 2.28. The second-order valence-electron chi connectivity index (χ2n) is 4.18. The molecular formula is C13H9IN5P. The van der Waals surface area contributed by atoms with Crippen molar-refractivity contribution in [2.24, 2.45) is 0 Å². The van der Waals surface area contributed by atoms with E-state index in [1.54, 1.807) is 18.5 Å². The van der Waals surface area contributed by atoms with Crippen LogP contribution in [0.2, 0.25) is 0 Å². The number of nitriles is 1. The van der Waals surface area contributed by atoms with E-state index in [1.807, 2.05) is 28.7 Å². The zero-order valence-corrected chi connectivity index (χ0v) is 13.4. The molecule has 0 saturated carbocycles. The summed E-state index contributed by atoms with van der Waals surface area (Å²) in [6.07, 6.45) is 3.93. The molecular weight excluding hydrogens is 384 g/mol. The number of pyridine rings is 1. The van der Waals surface area contributed by atoms with Crippen LogP contribution in [0.3, 0.4) is 0 Å². The summed E-state index contributed by atoms with van der Waals surface area (Å²) in [7, 11) is 0. The average Bonchev–Trinajstić information content (AvgIpc) is 2.91. The number of nitrogen functional groups attached to an aromatic ring is 1. The van der Waals surface area contributed by atoms with Crippen LogP contribution in [0.25, 0.3) is 22.0 Å². The van der Waals surface area contributed by atoms with E-state index in [4.69, 9.17) is 11.0 Å². The van der Waals surface area contributed by atoms with Gasteiger partial charge in [0.2, 0.25) is 0 Å². The zero-order valence-electron chi connectivity index (χ0n) is 10.2. The van der Waals surface area contributed by atoms with Gasteiger partial charge in [-0.15, -0.1) is 0 Å². The summed E-state index contributed by atoms with van der Waals surface area (Å²) in [5.74, 6) is 0. The molecule has 0 amide bonds. The molecule has 1 unspecified atom stereocenters. The smallest absolute Gasteiger partial charge is 0.141 e. The molecule has 20 heavy (non-hydrogen) atoms. The number of hydrogen-bond donors (Lipinski definition) is 1. The third kappa shape index (κ3) is 2.23. The Balaban J connectivity index is 2.23. The minimum absolute atomic E-state index is 0.394. The summed E-state index contributed by atoms with van der Waals surface area (Å²) in [5.41, 5.74) is 10.1. The molecule has 0 aliphatic carbocycles. The van der Waals surface area contributed by atoms with Gasteiger partial charge in [0.05, 0.1) is 18.1 Å². The summed E-state index contributed by atoms with van der Waals surface area (Å²) < 4.78 is 1.92. The Bertz CT molecular complexity index is 836. The topological polar surface area (TPSA) is 80.5 Å². The molecule has 0 fully saturated rings. The summed E-state index contributed by atoms with van der Waals surface area (Å²) in [6, 6.07) is 9.62. The first kappa shape index (κ1) is 13.3. The van der Waals surface area contributed by atoms with Crippen LogP contribution in [-0.2, 0) is 0 Å². The molecule has 7 heteroatoms. The van der Waals surface area contributed by atoms with Gasteiger partial charge in [-0.2, -0.15) is 10.4 Å². The maximum atomic E-state index is 8.93. The van der Waals surface area contributed by atoms with Crippen molar-refractivity contribution in [2.75, 3.05) is 5.73 Å². The Morgan fingerprint density at radius 2 is 2.15 bits per heavy atom. The molecule has 0 aliphatic heterocycles. The summed E-state index contributed by atoms with van der Waals surface area (Å²) in [5, 5.41) is 14.2. The highest BCUT2D eigenvalue weighted by Crippen LogP contribution is 2.34. The maximum absolute atomic E-state index is 8.93. The van der Waals surface area contributed by atoms with Crippen LogP contribution >= 0.6 is 28.4 Å². The number of halogens is 1. The van der Waals surface area contributed by atoms with Crippen LogP contribution in [0.5, 0.6) is 0 Å². The van der Waals surface area contributed by atoms with Crippen LogP contribution in [0.1, 0.15) is 5.69 Å². The molecule has 98 valence electrons. The number of nitrogens with zero attached hydrogens (tertiary/aromatic N) is 4. The lowest BCUT2D eigenvalue weighted by atomic mass is 10.0. The van der Waals surface area contributed by atoms with Crippen LogP contribution in [0.4, 0.5) is 5.69 Å². The largest absolute Gasteiger partial charge is 0.398 e. The van der Waals surface area contributed by atoms with E-state index in [1.165, 1.54) is 0 Å². The van der Waals surface area contributed by atoms with E-state index in [-0.39, 0.29) is 0 Å². The molecule has 2 aromatic heterocycles. The second-order valence-corrected chi connectivity index (χ2v) is 6.22. The van der Waals surface area contributed by atoms with E-state index in [0.717, 1.165) is 22.0 Å². The fourth-order valence-corrected chi connectivity index (χ4v) is 3.59. The average molecular weight is 393 g/mol. The highest BCUT2D eigenvalue weighted by molar-refractivity contribution is 14.2. The molecule has 5 nitrogen and oxygen atoms in total. The maximum Gasteiger partial charge on any atom is 0.141 e. The molecule has 2 N–H and O–H groups in total. The minimum atomic E-state index is 0.394. The molecule has 3 aromatic rings. The lowest BCUT2D eigenvalue weighted by Crippen LogP contribution is -1.90. The minimum Gasteiger partial charge on any atom is -0.398 e. The van der Waals surface area contributed by atoms with E-state index in [9.17, 15) is 0 Å². The zero-order chi connectivity index (χ0) is 14.1. The van der Waals surface area contributed by atoms with Crippen molar-refractivity contribution in [1.82, 2.24) is 14.5 Å². The van der Waals surface area contributed by atoms with Gasteiger partial charge in [-0.3, -0.25) is 0 Å². The molecule has 2 heterocycles. The van der Waals surface area contributed by atoms with Crippen molar-refractivity contribution < 1.29 is 0 Å². The highest BCUT2D eigenvalue weighted by Gasteiger charge is 2.09. The van der Waals surface area contributed by atoms with Crippen LogP contribution in [-0.4, -0.2) is 14.5 Å². The van der Waals surface area contributed by atoms with Gasteiger partial charge < -0.3 is 5.73 Å². The van der Waals surface area contributed by atoms with Gasteiger partial charge in [-0.1, -0.05) is 0 Å². The van der Waals surface area contributed by atoms with E-state index in [0.29, 0.717) is 17.8 Å². The summed E-state index contributed by atoms with van der Waals surface area (Å²) in [6.45, 7) is 0. The van der Waals surface area contributed by atoms with Gasteiger partial charge in [0, 0.05) is 17.3 Å². The van der Waals surface area contributed by atoms with Crippen molar-refractivity contribution in [2.45, 2.75) is 0 Å². The summed E-state index contributed by atoms with van der Waals surface area (Å²) in [4.78, 5) is 3.98. The van der Waals surface area contributed by atoms with Crippen molar-refractivity contribution >= 4 is 45.0 Å². The number of aromatic nitrogens is 3. The monoisotopic (exact) mass is 393 g/mol.